The summed E-state index contributed by atoms with van der Waals surface area (Å²) in [7, 11) is 0. The van der Waals surface area contributed by atoms with Gasteiger partial charge in [0.2, 0.25) is 5.91 Å². The summed E-state index contributed by atoms with van der Waals surface area (Å²) in [6.45, 7) is 0.952. The van der Waals surface area contributed by atoms with E-state index in [-0.39, 0.29) is 6.61 Å². The third-order valence-electron chi connectivity index (χ3n) is 2.57. The topological polar surface area (TPSA) is 106 Å². The van der Waals surface area contributed by atoms with Crippen LogP contribution in [0.2, 0.25) is 0 Å². The summed E-state index contributed by atoms with van der Waals surface area (Å²) in [5.74, 6) is -0.326. The first kappa shape index (κ1) is 14.7. The number of nitrogens with zero attached hydrogens (tertiary/aromatic N) is 3. The van der Waals surface area contributed by atoms with E-state index in [9.17, 15) is 9.59 Å². The lowest BCUT2D eigenvalue weighted by molar-refractivity contribution is -0.143. The maximum Gasteiger partial charge on any atom is 0.329 e. The smallest absolute Gasteiger partial charge is 0.329 e. The van der Waals surface area contributed by atoms with Crippen LogP contribution in [-0.4, -0.2) is 44.7 Å². The molecule has 0 unspecified atom stereocenters. The maximum absolute atomic E-state index is 11.7. The Morgan fingerprint density at radius 2 is 2.14 bits per heavy atom. The first-order chi connectivity index (χ1) is 10.1. The van der Waals surface area contributed by atoms with Gasteiger partial charge in [-0.3, -0.25) is 9.36 Å². The van der Waals surface area contributed by atoms with Gasteiger partial charge in [-0.15, -0.1) is 0 Å². The van der Waals surface area contributed by atoms with Crippen molar-refractivity contribution < 1.29 is 19.4 Å². The molecular formula is C13H14N4O4. The summed E-state index contributed by atoms with van der Waals surface area (Å²) in [4.78, 5) is 30.3. The SMILES string of the molecule is Cc1nccn1-c1ncccc1NC(=O)COCC(=O)O. The average Bonchev–Trinajstić information content (AvgIpc) is 2.85. The average molecular weight is 290 g/mol. The highest BCUT2D eigenvalue weighted by atomic mass is 16.5. The van der Waals surface area contributed by atoms with Gasteiger partial charge in [-0.05, 0) is 19.1 Å². The first-order valence-electron chi connectivity index (χ1n) is 6.12. The second kappa shape index (κ2) is 6.62. The van der Waals surface area contributed by atoms with Crippen molar-refractivity contribution in [2.75, 3.05) is 18.5 Å². The molecule has 0 bridgehead atoms. The van der Waals surface area contributed by atoms with Crippen LogP contribution >= 0.6 is 0 Å². The summed E-state index contributed by atoms with van der Waals surface area (Å²) in [5, 5.41) is 11.1. The van der Waals surface area contributed by atoms with E-state index in [1.54, 1.807) is 35.3 Å². The van der Waals surface area contributed by atoms with Gasteiger partial charge in [-0.2, -0.15) is 0 Å². The van der Waals surface area contributed by atoms with Crippen molar-refractivity contribution in [3.8, 4) is 5.82 Å². The molecule has 2 rings (SSSR count). The summed E-state index contributed by atoms with van der Waals surface area (Å²) >= 11 is 0. The highest BCUT2D eigenvalue weighted by Gasteiger charge is 2.11. The van der Waals surface area contributed by atoms with Gasteiger partial charge >= 0.3 is 5.97 Å². The van der Waals surface area contributed by atoms with Crippen molar-refractivity contribution in [2.24, 2.45) is 0 Å². The van der Waals surface area contributed by atoms with Crippen molar-refractivity contribution >= 4 is 17.6 Å². The fraction of sp³-hybridized carbons (Fsp3) is 0.231. The number of rotatable bonds is 6. The molecular weight excluding hydrogens is 276 g/mol. The minimum Gasteiger partial charge on any atom is -0.480 e. The molecule has 0 fully saturated rings. The third kappa shape index (κ3) is 3.86. The number of pyridine rings is 1. The summed E-state index contributed by atoms with van der Waals surface area (Å²) in [6, 6.07) is 3.38. The Balaban J connectivity index is 2.09. The van der Waals surface area contributed by atoms with Gasteiger partial charge in [-0.25, -0.2) is 14.8 Å². The number of nitrogens with one attached hydrogen (secondary N) is 1. The monoisotopic (exact) mass is 290 g/mol. The van der Waals surface area contributed by atoms with E-state index in [2.05, 4.69) is 15.3 Å². The molecule has 8 heteroatoms. The second-order valence-corrected chi connectivity index (χ2v) is 4.15. The molecule has 8 nitrogen and oxygen atoms in total. The molecule has 0 aliphatic carbocycles. The van der Waals surface area contributed by atoms with Gasteiger partial charge in [0.05, 0.1) is 5.69 Å². The summed E-state index contributed by atoms with van der Waals surface area (Å²) < 4.78 is 6.46. The molecule has 0 saturated carbocycles. The largest absolute Gasteiger partial charge is 0.480 e. The molecule has 1 amide bonds. The summed E-state index contributed by atoms with van der Waals surface area (Å²) in [6.07, 6.45) is 4.96. The molecule has 2 aromatic heterocycles. The minimum atomic E-state index is -1.13. The number of amides is 1. The van der Waals surface area contributed by atoms with E-state index < -0.39 is 18.5 Å². The molecule has 0 aliphatic heterocycles. The van der Waals surface area contributed by atoms with Crippen LogP contribution in [0.15, 0.2) is 30.7 Å². The number of anilines is 1. The lowest BCUT2D eigenvalue weighted by Crippen LogP contribution is -2.21. The van der Waals surface area contributed by atoms with Crippen LogP contribution in [0.1, 0.15) is 5.82 Å². The van der Waals surface area contributed by atoms with Crippen LogP contribution < -0.4 is 5.32 Å². The summed E-state index contributed by atoms with van der Waals surface area (Å²) in [5.41, 5.74) is 0.488. The minimum absolute atomic E-state index is 0.344. The Morgan fingerprint density at radius 3 is 2.81 bits per heavy atom. The Labute approximate surface area is 120 Å². The van der Waals surface area contributed by atoms with E-state index in [0.717, 1.165) is 5.82 Å². The quantitative estimate of drug-likeness (QED) is 0.807. The Hall–Kier alpha value is -2.74. The van der Waals surface area contributed by atoms with E-state index in [4.69, 9.17) is 9.84 Å². The fourth-order valence-electron chi connectivity index (χ4n) is 1.71. The Bertz CT molecular complexity index is 653. The van der Waals surface area contributed by atoms with Crippen molar-refractivity contribution in [3.63, 3.8) is 0 Å². The Morgan fingerprint density at radius 1 is 1.33 bits per heavy atom. The van der Waals surface area contributed by atoms with Gasteiger partial charge in [0.1, 0.15) is 19.0 Å². The second-order valence-electron chi connectivity index (χ2n) is 4.15. The molecule has 0 radical (unpaired) electrons. The van der Waals surface area contributed by atoms with Crippen molar-refractivity contribution in [1.82, 2.24) is 14.5 Å². The first-order valence-corrected chi connectivity index (χ1v) is 6.12. The van der Waals surface area contributed by atoms with Crippen LogP contribution in [0.25, 0.3) is 5.82 Å². The molecule has 21 heavy (non-hydrogen) atoms. The number of aryl methyl sites for hydroxylation is 1. The number of carbonyl (C=O) groups is 2. The number of imidazole rings is 1. The molecule has 2 aromatic rings. The highest BCUT2D eigenvalue weighted by Crippen LogP contribution is 2.18. The van der Waals surface area contributed by atoms with Gasteiger partial charge in [-0.1, -0.05) is 0 Å². The molecule has 2 heterocycles. The number of aromatic nitrogens is 3. The zero-order valence-corrected chi connectivity index (χ0v) is 11.3. The van der Waals surface area contributed by atoms with E-state index >= 15 is 0 Å². The predicted molar refractivity (Wildman–Crippen MR) is 73.2 cm³/mol. The molecule has 0 aliphatic rings. The van der Waals surface area contributed by atoms with Crippen molar-refractivity contribution in [2.45, 2.75) is 6.92 Å². The lowest BCUT2D eigenvalue weighted by Gasteiger charge is -2.11. The van der Waals surface area contributed by atoms with Crippen LogP contribution in [0.5, 0.6) is 0 Å². The van der Waals surface area contributed by atoms with Gasteiger partial charge in [0.15, 0.2) is 5.82 Å². The van der Waals surface area contributed by atoms with E-state index in [0.29, 0.717) is 11.5 Å². The molecule has 0 atom stereocenters. The van der Waals surface area contributed by atoms with Crippen LogP contribution in [0, 0.1) is 6.92 Å². The number of aliphatic carboxylic acids is 1. The number of carboxylic acid groups (broad SMARTS) is 1. The molecule has 110 valence electrons. The normalized spacial score (nSPS) is 10.3. The predicted octanol–water partition coefficient (Wildman–Crippen LogP) is 0.615. The van der Waals surface area contributed by atoms with E-state index in [1.807, 2.05) is 6.92 Å². The number of ether oxygens (including phenoxy) is 1. The Kier molecular flexibility index (Phi) is 4.62. The van der Waals surface area contributed by atoms with Gasteiger partial charge in [0.25, 0.3) is 0 Å². The lowest BCUT2D eigenvalue weighted by atomic mass is 10.3. The zero-order chi connectivity index (χ0) is 15.2. The highest BCUT2D eigenvalue weighted by molar-refractivity contribution is 5.93. The molecule has 2 N–H and O–H groups in total. The third-order valence-corrected chi connectivity index (χ3v) is 2.57. The van der Waals surface area contributed by atoms with Crippen LogP contribution in [0.4, 0.5) is 5.69 Å². The van der Waals surface area contributed by atoms with Crippen molar-refractivity contribution in [3.05, 3.63) is 36.5 Å². The van der Waals surface area contributed by atoms with Crippen LogP contribution in [0.3, 0.4) is 0 Å². The standard InChI is InChI=1S/C13H14N4O4/c1-9-14-5-6-17(9)13-10(3-2-4-15-13)16-11(18)7-21-8-12(19)20/h2-6H,7-8H2,1H3,(H,16,18)(H,19,20). The number of hydrogen-bond acceptors (Lipinski definition) is 5. The van der Waals surface area contributed by atoms with E-state index in [1.165, 1.54) is 0 Å². The fourth-order valence-corrected chi connectivity index (χ4v) is 1.71. The number of carboxylic acids is 1. The van der Waals surface area contributed by atoms with Crippen molar-refractivity contribution in [1.29, 1.82) is 0 Å². The van der Waals surface area contributed by atoms with Gasteiger partial charge in [0, 0.05) is 18.6 Å². The molecule has 0 aromatic carbocycles. The van der Waals surface area contributed by atoms with Gasteiger partial charge < -0.3 is 15.2 Å². The number of carbonyl (C=O) groups excluding carboxylic acids is 1. The zero-order valence-electron chi connectivity index (χ0n) is 11.3. The van der Waals surface area contributed by atoms with Crippen LogP contribution in [-0.2, 0) is 14.3 Å². The molecule has 0 spiro atoms. The number of hydrogen-bond donors (Lipinski definition) is 2. The maximum atomic E-state index is 11.7. The molecule has 0 saturated heterocycles.